The van der Waals surface area contributed by atoms with Gasteiger partial charge in [0.05, 0.1) is 6.10 Å². The molecule has 0 spiro atoms. The number of nitrogens with two attached hydrogens (primary N) is 1. The maximum Gasteiger partial charge on any atom is 0.0975 e. The highest BCUT2D eigenvalue weighted by atomic mass is 16.5. The van der Waals surface area contributed by atoms with Crippen LogP contribution in [0.1, 0.15) is 76.0 Å². The summed E-state index contributed by atoms with van der Waals surface area (Å²) in [6.45, 7) is 7.30. The Labute approximate surface area is 131 Å². The molecular formula is C19H33NO. The van der Waals surface area contributed by atoms with E-state index in [4.69, 9.17) is 10.5 Å². The second-order valence-electron chi connectivity index (χ2n) is 6.04. The molecule has 1 aromatic carbocycles. The molecule has 1 rings (SSSR count). The van der Waals surface area contributed by atoms with Gasteiger partial charge in [-0.3, -0.25) is 0 Å². The van der Waals surface area contributed by atoms with Gasteiger partial charge in [0.2, 0.25) is 0 Å². The van der Waals surface area contributed by atoms with Crippen LogP contribution in [0.3, 0.4) is 0 Å². The van der Waals surface area contributed by atoms with Gasteiger partial charge in [0.1, 0.15) is 0 Å². The Balaban J connectivity index is 2.39. The van der Waals surface area contributed by atoms with Gasteiger partial charge in [-0.25, -0.2) is 0 Å². The zero-order valence-electron chi connectivity index (χ0n) is 14.1. The first kappa shape index (κ1) is 18.2. The quantitative estimate of drug-likeness (QED) is 0.572. The second kappa shape index (κ2) is 10.8. The number of benzene rings is 1. The van der Waals surface area contributed by atoms with Crippen molar-refractivity contribution >= 4 is 0 Å². The Kier molecular flexibility index (Phi) is 9.36. The molecule has 2 heteroatoms. The van der Waals surface area contributed by atoms with Crippen LogP contribution in [-0.4, -0.2) is 12.6 Å². The second-order valence-corrected chi connectivity index (χ2v) is 6.04. The summed E-state index contributed by atoms with van der Waals surface area (Å²) in [6.07, 6.45) is 8.72. The summed E-state index contributed by atoms with van der Waals surface area (Å²) in [5.41, 5.74) is 8.73. The molecule has 21 heavy (non-hydrogen) atoms. The summed E-state index contributed by atoms with van der Waals surface area (Å²) < 4.78 is 6.10. The molecule has 1 aromatic rings. The number of hydrogen-bond acceptors (Lipinski definition) is 2. The molecule has 0 aromatic heterocycles. The Morgan fingerprint density at radius 1 is 0.952 bits per heavy atom. The van der Waals surface area contributed by atoms with Crippen molar-refractivity contribution < 1.29 is 4.74 Å². The minimum absolute atomic E-state index is 0.0336. The molecule has 0 aliphatic rings. The smallest absolute Gasteiger partial charge is 0.0975 e. The first-order valence-corrected chi connectivity index (χ1v) is 8.62. The first-order valence-electron chi connectivity index (χ1n) is 8.62. The maximum atomic E-state index is 6.24. The van der Waals surface area contributed by atoms with Crippen molar-refractivity contribution in [3.63, 3.8) is 0 Å². The monoisotopic (exact) mass is 291 g/mol. The molecule has 0 heterocycles. The molecule has 0 radical (unpaired) electrons. The van der Waals surface area contributed by atoms with Crippen molar-refractivity contribution in [2.24, 2.45) is 5.73 Å². The van der Waals surface area contributed by atoms with E-state index in [9.17, 15) is 0 Å². The SMILES string of the molecule is CCCCCCCCOC(c1ccc(C)cc1)C(N)CC. The van der Waals surface area contributed by atoms with Gasteiger partial charge in [-0.2, -0.15) is 0 Å². The molecule has 0 aliphatic heterocycles. The third kappa shape index (κ3) is 7.10. The first-order chi connectivity index (χ1) is 10.2. The van der Waals surface area contributed by atoms with Gasteiger partial charge < -0.3 is 10.5 Å². The van der Waals surface area contributed by atoms with E-state index in [0.29, 0.717) is 0 Å². The Morgan fingerprint density at radius 3 is 2.19 bits per heavy atom. The van der Waals surface area contributed by atoms with Gasteiger partial charge in [0.15, 0.2) is 0 Å². The van der Waals surface area contributed by atoms with E-state index in [1.807, 2.05) is 0 Å². The van der Waals surface area contributed by atoms with Crippen molar-refractivity contribution in [3.8, 4) is 0 Å². The number of aryl methyl sites for hydroxylation is 1. The third-order valence-electron chi connectivity index (χ3n) is 4.06. The van der Waals surface area contributed by atoms with Crippen molar-refractivity contribution in [1.82, 2.24) is 0 Å². The summed E-state index contributed by atoms with van der Waals surface area (Å²) in [5, 5.41) is 0. The van der Waals surface area contributed by atoms with E-state index in [1.165, 1.54) is 43.2 Å². The van der Waals surface area contributed by atoms with Crippen LogP contribution >= 0.6 is 0 Å². The zero-order valence-corrected chi connectivity index (χ0v) is 14.1. The number of unbranched alkanes of at least 4 members (excludes halogenated alkanes) is 5. The minimum atomic E-state index is 0.0336. The molecule has 120 valence electrons. The van der Waals surface area contributed by atoms with E-state index >= 15 is 0 Å². The average molecular weight is 291 g/mol. The fourth-order valence-corrected chi connectivity index (χ4v) is 2.53. The molecule has 0 bridgehead atoms. The average Bonchev–Trinajstić information content (AvgIpc) is 2.50. The van der Waals surface area contributed by atoms with Gasteiger partial charge in [0, 0.05) is 12.6 Å². The molecule has 2 unspecified atom stereocenters. The van der Waals surface area contributed by atoms with Gasteiger partial charge in [-0.15, -0.1) is 0 Å². The van der Waals surface area contributed by atoms with Gasteiger partial charge >= 0.3 is 0 Å². The van der Waals surface area contributed by atoms with Crippen LogP contribution in [0.5, 0.6) is 0 Å². The Bertz CT molecular complexity index is 360. The highest BCUT2D eigenvalue weighted by molar-refractivity contribution is 5.24. The van der Waals surface area contributed by atoms with Crippen LogP contribution in [0.2, 0.25) is 0 Å². The van der Waals surface area contributed by atoms with Crippen LogP contribution in [-0.2, 0) is 4.74 Å². The molecular weight excluding hydrogens is 258 g/mol. The van der Waals surface area contributed by atoms with Crippen molar-refractivity contribution in [1.29, 1.82) is 0 Å². The number of hydrogen-bond donors (Lipinski definition) is 1. The molecule has 0 aliphatic carbocycles. The fraction of sp³-hybridized carbons (Fsp3) is 0.684. The summed E-state index contributed by atoms with van der Waals surface area (Å²) in [5.74, 6) is 0. The van der Waals surface area contributed by atoms with Crippen LogP contribution in [0.15, 0.2) is 24.3 Å². The van der Waals surface area contributed by atoms with E-state index in [2.05, 4.69) is 45.0 Å². The Hall–Kier alpha value is -0.860. The molecule has 0 fully saturated rings. The van der Waals surface area contributed by atoms with E-state index in [0.717, 1.165) is 19.4 Å². The molecule has 2 N–H and O–H groups in total. The van der Waals surface area contributed by atoms with Crippen molar-refractivity contribution in [3.05, 3.63) is 35.4 Å². The molecule has 0 amide bonds. The highest BCUT2D eigenvalue weighted by Crippen LogP contribution is 2.23. The summed E-state index contributed by atoms with van der Waals surface area (Å²) in [7, 11) is 0. The van der Waals surface area contributed by atoms with Crippen LogP contribution < -0.4 is 5.73 Å². The van der Waals surface area contributed by atoms with Crippen molar-refractivity contribution in [2.45, 2.75) is 77.9 Å². The lowest BCUT2D eigenvalue weighted by molar-refractivity contribution is 0.0311. The lowest BCUT2D eigenvalue weighted by Crippen LogP contribution is -2.29. The van der Waals surface area contributed by atoms with E-state index in [1.54, 1.807) is 0 Å². The summed E-state index contributed by atoms with van der Waals surface area (Å²) >= 11 is 0. The number of rotatable bonds is 11. The topological polar surface area (TPSA) is 35.2 Å². The summed E-state index contributed by atoms with van der Waals surface area (Å²) in [6, 6.07) is 8.65. The summed E-state index contributed by atoms with van der Waals surface area (Å²) in [4.78, 5) is 0. The molecule has 0 saturated carbocycles. The minimum Gasteiger partial charge on any atom is -0.372 e. The molecule has 0 saturated heterocycles. The normalized spacial score (nSPS) is 14.1. The van der Waals surface area contributed by atoms with Crippen molar-refractivity contribution in [2.75, 3.05) is 6.61 Å². The van der Waals surface area contributed by atoms with E-state index in [-0.39, 0.29) is 12.1 Å². The molecule has 2 atom stereocenters. The fourth-order valence-electron chi connectivity index (χ4n) is 2.53. The lowest BCUT2D eigenvalue weighted by atomic mass is 10.00. The standard InChI is InChI=1S/C19H33NO/c1-4-6-7-8-9-10-15-21-19(18(20)5-2)17-13-11-16(3)12-14-17/h11-14,18-19H,4-10,15,20H2,1-3H3. The van der Waals surface area contributed by atoms with Crippen LogP contribution in [0.25, 0.3) is 0 Å². The predicted octanol–water partition coefficient (Wildman–Crippen LogP) is 5.15. The third-order valence-corrected chi connectivity index (χ3v) is 4.06. The van der Waals surface area contributed by atoms with Gasteiger partial charge in [-0.05, 0) is 25.3 Å². The van der Waals surface area contributed by atoms with Crippen LogP contribution in [0, 0.1) is 6.92 Å². The van der Waals surface area contributed by atoms with E-state index < -0.39 is 0 Å². The van der Waals surface area contributed by atoms with Crippen LogP contribution in [0.4, 0.5) is 0 Å². The van der Waals surface area contributed by atoms with Gasteiger partial charge in [-0.1, -0.05) is 75.8 Å². The number of ether oxygens (including phenoxy) is 1. The lowest BCUT2D eigenvalue weighted by Gasteiger charge is -2.24. The zero-order chi connectivity index (χ0) is 15.5. The maximum absolute atomic E-state index is 6.24. The predicted molar refractivity (Wildman–Crippen MR) is 91.5 cm³/mol. The Morgan fingerprint density at radius 2 is 1.57 bits per heavy atom. The van der Waals surface area contributed by atoms with Gasteiger partial charge in [0.25, 0.3) is 0 Å². The molecule has 2 nitrogen and oxygen atoms in total. The largest absolute Gasteiger partial charge is 0.372 e. The highest BCUT2D eigenvalue weighted by Gasteiger charge is 2.18.